The molecule has 1 aliphatic heterocycles. The van der Waals surface area contributed by atoms with Crippen molar-refractivity contribution in [1.82, 2.24) is 0 Å². The fourth-order valence-electron chi connectivity index (χ4n) is 14.1. The van der Waals surface area contributed by atoms with E-state index in [4.69, 9.17) is 4.74 Å². The highest BCUT2D eigenvalue weighted by molar-refractivity contribution is 5.91. The minimum Gasteiger partial charge on any atom is -0.494 e. The smallest absolute Gasteiger partial charge is 0.119 e. The molecule has 15 rings (SSSR count). The Morgan fingerprint density at radius 2 is 0.989 bits per heavy atom. The Bertz CT molecular complexity index is 4600. The van der Waals surface area contributed by atoms with Crippen molar-refractivity contribution in [2.45, 2.75) is 36.6 Å². The second-order valence-electron chi connectivity index (χ2n) is 23.5. The van der Waals surface area contributed by atoms with Crippen molar-refractivity contribution in [2.24, 2.45) is 0 Å². The summed E-state index contributed by atoms with van der Waals surface area (Å²) in [5, 5.41) is 2.37. The van der Waals surface area contributed by atoms with E-state index in [2.05, 4.69) is 326 Å². The highest BCUT2D eigenvalue weighted by Gasteiger charge is 2.45. The maximum absolute atomic E-state index is 6.58. The molecule has 3 aliphatic rings. The number of ether oxygens (including phenoxy) is 1. The maximum Gasteiger partial charge on any atom is 0.119 e. The van der Waals surface area contributed by atoms with Gasteiger partial charge in [0.1, 0.15) is 5.75 Å². The highest BCUT2D eigenvalue weighted by Crippen LogP contribution is 2.57. The van der Waals surface area contributed by atoms with Gasteiger partial charge in [-0.3, -0.25) is 0 Å². The summed E-state index contributed by atoms with van der Waals surface area (Å²) in [6, 6.07) is 105. The van der Waals surface area contributed by atoms with Crippen LogP contribution in [-0.4, -0.2) is 12.6 Å². The first kappa shape index (κ1) is 53.9. The number of anilines is 5. The van der Waals surface area contributed by atoms with Gasteiger partial charge in [-0.2, -0.15) is 0 Å². The predicted octanol–water partition coefficient (Wildman–Crippen LogP) is 22.4. The Morgan fingerprint density at radius 3 is 1.69 bits per heavy atom. The summed E-state index contributed by atoms with van der Waals surface area (Å²) in [4.78, 5) is 4.97. The van der Waals surface area contributed by atoms with E-state index in [1.807, 2.05) is 12.2 Å². The number of nitrogens with zero attached hydrogens (tertiary/aromatic N) is 2. The van der Waals surface area contributed by atoms with Crippen LogP contribution in [-0.2, 0) is 5.41 Å². The Morgan fingerprint density at radius 1 is 0.443 bits per heavy atom. The first-order chi connectivity index (χ1) is 43.5. The molecule has 3 atom stereocenters. The van der Waals surface area contributed by atoms with E-state index in [-0.39, 0.29) is 12.0 Å². The van der Waals surface area contributed by atoms with Crippen LogP contribution in [0.15, 0.2) is 317 Å². The van der Waals surface area contributed by atoms with Crippen molar-refractivity contribution in [1.29, 1.82) is 0 Å². The summed E-state index contributed by atoms with van der Waals surface area (Å²) in [5.74, 6) is 1.05. The number of allylic oxidation sites excluding steroid dienone is 2. The third kappa shape index (κ3) is 9.95. The minimum atomic E-state index is -0.397. The standard InChI is InChI=1S/C85H66N2O/c1-3-59-26-30-63(31-27-59)66-34-35-68-55-76(48-40-67(68)54-66)88-53-17-16-52-85(71-20-10-6-11-21-71)81-25-15-14-24-77(81)78-49-47-75(58-82(78)85)86(73-43-36-62(37-44-73)61-18-8-5-9-19-61)74-45-38-65(39-46-74)70-42-51-84-80(57-70)79-56-69(64-32-28-60(4-2)29-33-64)41-50-83(79)87(84)72-22-12-7-13-23-72/h3-15,18-51,54-58,80,84H,1-2,16-17,52-53H2. The quantitative estimate of drug-likeness (QED) is 0.0845. The lowest BCUT2D eigenvalue weighted by Crippen LogP contribution is -2.28. The molecule has 0 saturated heterocycles. The molecule has 3 nitrogen and oxygen atoms in total. The van der Waals surface area contributed by atoms with E-state index in [1.165, 1.54) is 100 Å². The topological polar surface area (TPSA) is 15.7 Å². The first-order valence-corrected chi connectivity index (χ1v) is 30.9. The molecule has 0 radical (unpaired) electrons. The van der Waals surface area contributed by atoms with Crippen molar-refractivity contribution in [2.75, 3.05) is 16.4 Å². The predicted molar refractivity (Wildman–Crippen MR) is 371 cm³/mol. The van der Waals surface area contributed by atoms with Crippen LogP contribution in [0.1, 0.15) is 64.1 Å². The summed E-state index contributed by atoms with van der Waals surface area (Å²) in [6.45, 7) is 8.53. The molecule has 422 valence electrons. The van der Waals surface area contributed by atoms with Crippen LogP contribution in [0.4, 0.5) is 28.4 Å². The van der Waals surface area contributed by atoms with Crippen LogP contribution in [0.3, 0.4) is 0 Å². The fraction of sp³-hybridized carbons (Fsp3) is 0.0824. The summed E-state index contributed by atoms with van der Waals surface area (Å²) >= 11 is 0. The zero-order chi connectivity index (χ0) is 59.0. The number of hydrogen-bond donors (Lipinski definition) is 0. The van der Waals surface area contributed by atoms with Gasteiger partial charge in [0, 0.05) is 39.8 Å². The molecule has 0 fully saturated rings. The van der Waals surface area contributed by atoms with Gasteiger partial charge in [-0.15, -0.1) is 0 Å². The van der Waals surface area contributed by atoms with E-state index in [1.54, 1.807) is 0 Å². The van der Waals surface area contributed by atoms with Gasteiger partial charge in [0.25, 0.3) is 0 Å². The maximum atomic E-state index is 6.58. The van der Waals surface area contributed by atoms with Crippen LogP contribution in [0.25, 0.3) is 73.0 Å². The molecule has 1 heterocycles. The highest BCUT2D eigenvalue weighted by atomic mass is 16.5. The Labute approximate surface area is 517 Å². The normalized spacial score (nSPS) is 16.0. The molecule has 0 saturated carbocycles. The Kier molecular flexibility index (Phi) is 14.3. The molecule has 0 spiro atoms. The van der Waals surface area contributed by atoms with Gasteiger partial charge in [0.15, 0.2) is 0 Å². The van der Waals surface area contributed by atoms with Gasteiger partial charge in [0.05, 0.1) is 12.6 Å². The lowest BCUT2D eigenvalue weighted by molar-refractivity contribution is 0.301. The number of fused-ring (bicyclic) bond motifs is 7. The number of unbranched alkanes of at least 4 members (excludes halogenated alkanes) is 1. The molecule has 2 aliphatic carbocycles. The molecular formula is C85H66N2O. The summed E-state index contributed by atoms with van der Waals surface area (Å²) in [6.07, 6.45) is 13.8. The van der Waals surface area contributed by atoms with Crippen molar-refractivity contribution in [3.8, 4) is 50.3 Å². The molecule has 12 aromatic rings. The lowest BCUT2D eigenvalue weighted by Gasteiger charge is -2.34. The third-order valence-corrected chi connectivity index (χ3v) is 18.5. The molecule has 0 bridgehead atoms. The average molecular weight is 1130 g/mol. The van der Waals surface area contributed by atoms with Gasteiger partial charge in [0.2, 0.25) is 0 Å². The van der Waals surface area contributed by atoms with Crippen molar-refractivity contribution in [3.05, 3.63) is 355 Å². The average Bonchev–Trinajstić information content (AvgIpc) is 1.58. The summed E-state index contributed by atoms with van der Waals surface area (Å²) in [5.41, 5.74) is 25.1. The van der Waals surface area contributed by atoms with Crippen molar-refractivity contribution >= 4 is 56.9 Å². The Balaban J connectivity index is 0.755. The van der Waals surface area contributed by atoms with Gasteiger partial charge >= 0.3 is 0 Å². The van der Waals surface area contributed by atoms with Crippen LogP contribution >= 0.6 is 0 Å². The van der Waals surface area contributed by atoms with Crippen molar-refractivity contribution in [3.63, 3.8) is 0 Å². The van der Waals surface area contributed by atoms with E-state index in [0.29, 0.717) is 6.61 Å². The van der Waals surface area contributed by atoms with Crippen LogP contribution in [0.2, 0.25) is 0 Å². The van der Waals surface area contributed by atoms with E-state index in [0.717, 1.165) is 53.2 Å². The van der Waals surface area contributed by atoms with Gasteiger partial charge in [-0.05, 0) is 198 Å². The number of rotatable bonds is 17. The van der Waals surface area contributed by atoms with E-state index in [9.17, 15) is 0 Å². The van der Waals surface area contributed by atoms with Crippen LogP contribution < -0.4 is 14.5 Å². The first-order valence-electron chi connectivity index (χ1n) is 30.9. The molecule has 0 N–H and O–H groups in total. The molecule has 3 heteroatoms. The third-order valence-electron chi connectivity index (χ3n) is 18.5. The van der Waals surface area contributed by atoms with Crippen LogP contribution in [0, 0.1) is 0 Å². The Hall–Kier alpha value is -10.7. The molecular weight excluding hydrogens is 1060 g/mol. The molecule has 88 heavy (non-hydrogen) atoms. The van der Waals surface area contributed by atoms with E-state index < -0.39 is 5.41 Å². The zero-order valence-corrected chi connectivity index (χ0v) is 49.2. The monoisotopic (exact) mass is 1130 g/mol. The largest absolute Gasteiger partial charge is 0.494 e. The molecule has 0 aromatic heterocycles. The fourth-order valence-corrected chi connectivity index (χ4v) is 14.1. The van der Waals surface area contributed by atoms with Gasteiger partial charge in [-0.25, -0.2) is 0 Å². The molecule has 3 unspecified atom stereocenters. The summed E-state index contributed by atoms with van der Waals surface area (Å²) in [7, 11) is 0. The van der Waals surface area contributed by atoms with Crippen molar-refractivity contribution < 1.29 is 4.74 Å². The lowest BCUT2D eigenvalue weighted by atomic mass is 9.69. The number of hydrogen-bond acceptors (Lipinski definition) is 3. The second kappa shape index (κ2) is 23.3. The van der Waals surface area contributed by atoms with E-state index >= 15 is 0 Å². The SMILES string of the molecule is C=Cc1ccc(-c2ccc3c(c2)C2C=C(c4ccc(N(c5ccc(-c6ccccc6)cc5)c5ccc6c(c5)C(CCCCOc5ccc7cc(-c8ccc(C=C)cc8)ccc7c5)(c5ccccc5)c5ccccc5-6)cc4)C=CC2N3c2ccccc2)cc1. The van der Waals surface area contributed by atoms with Gasteiger partial charge < -0.3 is 14.5 Å². The van der Waals surface area contributed by atoms with Crippen LogP contribution in [0.5, 0.6) is 5.75 Å². The number of benzene rings is 12. The molecule has 0 amide bonds. The summed E-state index contributed by atoms with van der Waals surface area (Å²) < 4.78 is 6.58. The molecule has 12 aromatic carbocycles. The number of para-hydroxylation sites is 1. The minimum absolute atomic E-state index is 0.147. The second-order valence-corrected chi connectivity index (χ2v) is 23.5. The van der Waals surface area contributed by atoms with Gasteiger partial charge in [-0.1, -0.05) is 250 Å². The zero-order valence-electron chi connectivity index (χ0n) is 49.2.